The van der Waals surface area contributed by atoms with Crippen molar-refractivity contribution >= 4 is 38.3 Å². The molecule has 0 unspecified atom stereocenters. The zero-order chi connectivity index (χ0) is 11.9. The Hall–Kier alpha value is -0.810. The van der Waals surface area contributed by atoms with Gasteiger partial charge in [0.1, 0.15) is 5.15 Å². The molecule has 0 aliphatic rings. The maximum Gasteiger partial charge on any atom is 0.416 e. The molecular formula is C10H4BrClF3N. The normalized spacial score (nSPS) is 12.1. The van der Waals surface area contributed by atoms with Crippen LogP contribution in [0.5, 0.6) is 0 Å². The number of halogens is 5. The van der Waals surface area contributed by atoms with Crippen molar-refractivity contribution in [1.29, 1.82) is 0 Å². The van der Waals surface area contributed by atoms with E-state index in [1.165, 1.54) is 12.3 Å². The molecule has 2 rings (SSSR count). The molecule has 0 atom stereocenters. The topological polar surface area (TPSA) is 12.9 Å². The molecule has 0 amide bonds. The molecule has 16 heavy (non-hydrogen) atoms. The number of alkyl halides is 3. The maximum atomic E-state index is 12.5. The lowest BCUT2D eigenvalue weighted by Gasteiger charge is -2.09. The molecule has 1 nitrogen and oxygen atoms in total. The largest absolute Gasteiger partial charge is 0.416 e. The molecule has 0 aliphatic heterocycles. The fraction of sp³-hybridized carbons (Fsp3) is 0.100. The van der Waals surface area contributed by atoms with E-state index in [0.717, 1.165) is 12.1 Å². The molecular weight excluding hydrogens is 306 g/mol. The van der Waals surface area contributed by atoms with E-state index >= 15 is 0 Å². The van der Waals surface area contributed by atoms with Crippen molar-refractivity contribution in [2.24, 2.45) is 0 Å². The molecule has 0 fully saturated rings. The molecule has 0 N–H and O–H groups in total. The van der Waals surface area contributed by atoms with E-state index in [-0.39, 0.29) is 5.15 Å². The van der Waals surface area contributed by atoms with Crippen molar-refractivity contribution in [1.82, 2.24) is 4.98 Å². The zero-order valence-corrected chi connectivity index (χ0v) is 9.99. The number of pyridine rings is 1. The second-order valence-electron chi connectivity index (χ2n) is 3.16. The van der Waals surface area contributed by atoms with Crippen LogP contribution in [-0.4, -0.2) is 4.98 Å². The van der Waals surface area contributed by atoms with Crippen molar-refractivity contribution < 1.29 is 13.2 Å². The highest BCUT2D eigenvalue weighted by atomic mass is 79.9. The Morgan fingerprint density at radius 3 is 2.50 bits per heavy atom. The molecule has 0 spiro atoms. The maximum absolute atomic E-state index is 12.5. The van der Waals surface area contributed by atoms with E-state index in [1.807, 2.05) is 0 Å². The van der Waals surface area contributed by atoms with Crippen LogP contribution in [0.1, 0.15) is 5.56 Å². The first-order valence-electron chi connectivity index (χ1n) is 4.20. The summed E-state index contributed by atoms with van der Waals surface area (Å²) in [4.78, 5) is 3.84. The van der Waals surface area contributed by atoms with Gasteiger partial charge in [0.05, 0.1) is 5.56 Å². The van der Waals surface area contributed by atoms with Gasteiger partial charge in [0, 0.05) is 21.4 Å². The average Bonchev–Trinajstić information content (AvgIpc) is 2.22. The Morgan fingerprint density at radius 2 is 1.88 bits per heavy atom. The molecule has 2 aromatic rings. The third-order valence-corrected chi connectivity index (χ3v) is 3.05. The standard InChI is InChI=1S/C10H4BrClF3N/c11-8-4-16-9(12)6-2-1-5(3-7(6)8)10(13,14)15/h1-4H. The van der Waals surface area contributed by atoms with Gasteiger partial charge in [-0.05, 0) is 28.1 Å². The summed E-state index contributed by atoms with van der Waals surface area (Å²) in [5.74, 6) is 0. The number of benzene rings is 1. The number of aromatic nitrogens is 1. The van der Waals surface area contributed by atoms with E-state index in [4.69, 9.17) is 11.6 Å². The first-order valence-corrected chi connectivity index (χ1v) is 5.37. The van der Waals surface area contributed by atoms with Crippen molar-refractivity contribution in [2.45, 2.75) is 6.18 Å². The second kappa shape index (κ2) is 3.89. The smallest absolute Gasteiger partial charge is 0.243 e. The van der Waals surface area contributed by atoms with E-state index in [9.17, 15) is 13.2 Å². The second-order valence-corrected chi connectivity index (χ2v) is 4.37. The number of hydrogen-bond acceptors (Lipinski definition) is 1. The van der Waals surface area contributed by atoms with Gasteiger partial charge in [-0.3, -0.25) is 0 Å². The van der Waals surface area contributed by atoms with Crippen molar-refractivity contribution in [3.8, 4) is 0 Å². The minimum absolute atomic E-state index is 0.187. The molecule has 1 aromatic heterocycles. The highest BCUT2D eigenvalue weighted by Crippen LogP contribution is 2.35. The van der Waals surface area contributed by atoms with Crippen molar-refractivity contribution in [3.63, 3.8) is 0 Å². The fourth-order valence-electron chi connectivity index (χ4n) is 1.35. The Labute approximate surface area is 102 Å². The first kappa shape index (κ1) is 11.7. The summed E-state index contributed by atoms with van der Waals surface area (Å²) in [5, 5.41) is 1.07. The van der Waals surface area contributed by atoms with Crippen molar-refractivity contribution in [3.05, 3.63) is 39.6 Å². The van der Waals surface area contributed by atoms with Crippen LogP contribution >= 0.6 is 27.5 Å². The first-order chi connectivity index (χ1) is 7.39. The Balaban J connectivity index is 2.76. The summed E-state index contributed by atoms with van der Waals surface area (Å²) in [6.07, 6.45) is -2.98. The summed E-state index contributed by atoms with van der Waals surface area (Å²) in [5.41, 5.74) is -0.706. The predicted octanol–water partition coefficient (Wildman–Crippen LogP) is 4.67. The lowest BCUT2D eigenvalue weighted by atomic mass is 10.1. The molecule has 0 bridgehead atoms. The van der Waals surface area contributed by atoms with Crippen LogP contribution in [0.3, 0.4) is 0 Å². The minimum Gasteiger partial charge on any atom is -0.243 e. The lowest BCUT2D eigenvalue weighted by Crippen LogP contribution is -2.04. The van der Waals surface area contributed by atoms with Gasteiger partial charge in [-0.15, -0.1) is 0 Å². The number of hydrogen-bond donors (Lipinski definition) is 0. The molecule has 0 radical (unpaired) electrons. The quantitative estimate of drug-likeness (QED) is 0.644. The van der Waals surface area contributed by atoms with Gasteiger partial charge in [-0.25, -0.2) is 4.98 Å². The molecule has 0 saturated heterocycles. The highest BCUT2D eigenvalue weighted by molar-refractivity contribution is 9.10. The minimum atomic E-state index is -4.36. The summed E-state index contributed by atoms with van der Waals surface area (Å²) < 4.78 is 37.9. The van der Waals surface area contributed by atoms with Gasteiger partial charge in [-0.2, -0.15) is 13.2 Å². The van der Waals surface area contributed by atoms with Gasteiger partial charge in [0.2, 0.25) is 0 Å². The summed E-state index contributed by atoms with van der Waals surface area (Å²) >= 11 is 8.93. The molecule has 0 aliphatic carbocycles. The van der Waals surface area contributed by atoms with Crippen LogP contribution in [-0.2, 0) is 6.18 Å². The van der Waals surface area contributed by atoms with Crippen LogP contribution < -0.4 is 0 Å². The zero-order valence-electron chi connectivity index (χ0n) is 7.65. The third-order valence-electron chi connectivity index (χ3n) is 2.12. The fourth-order valence-corrected chi connectivity index (χ4v) is 1.99. The van der Waals surface area contributed by atoms with Crippen LogP contribution in [0.15, 0.2) is 28.9 Å². The van der Waals surface area contributed by atoms with Gasteiger partial charge in [-0.1, -0.05) is 17.7 Å². The number of nitrogens with zero attached hydrogens (tertiary/aromatic N) is 1. The molecule has 84 valence electrons. The Kier molecular flexibility index (Phi) is 2.84. The van der Waals surface area contributed by atoms with Gasteiger partial charge >= 0.3 is 6.18 Å². The van der Waals surface area contributed by atoms with Crippen LogP contribution in [0.2, 0.25) is 5.15 Å². The van der Waals surface area contributed by atoms with E-state index < -0.39 is 11.7 Å². The highest BCUT2D eigenvalue weighted by Gasteiger charge is 2.30. The summed E-state index contributed by atoms with van der Waals surface area (Å²) in [6, 6.07) is 3.35. The Morgan fingerprint density at radius 1 is 1.19 bits per heavy atom. The average molecular weight is 311 g/mol. The van der Waals surface area contributed by atoms with Crippen molar-refractivity contribution in [2.75, 3.05) is 0 Å². The summed E-state index contributed by atoms with van der Waals surface area (Å²) in [7, 11) is 0. The Bertz CT molecular complexity index is 553. The van der Waals surface area contributed by atoms with Crippen LogP contribution in [0.25, 0.3) is 10.8 Å². The third kappa shape index (κ3) is 2.01. The van der Waals surface area contributed by atoms with E-state index in [1.54, 1.807) is 0 Å². The summed E-state index contributed by atoms with van der Waals surface area (Å²) in [6.45, 7) is 0. The molecule has 0 saturated carbocycles. The van der Waals surface area contributed by atoms with Gasteiger partial charge in [0.25, 0.3) is 0 Å². The van der Waals surface area contributed by atoms with E-state index in [0.29, 0.717) is 15.2 Å². The molecule has 1 aromatic carbocycles. The molecule has 6 heteroatoms. The molecule has 1 heterocycles. The monoisotopic (exact) mass is 309 g/mol. The van der Waals surface area contributed by atoms with Gasteiger partial charge < -0.3 is 0 Å². The lowest BCUT2D eigenvalue weighted by molar-refractivity contribution is -0.137. The van der Waals surface area contributed by atoms with E-state index in [2.05, 4.69) is 20.9 Å². The SMILES string of the molecule is FC(F)(F)c1ccc2c(Cl)ncc(Br)c2c1. The van der Waals surface area contributed by atoms with Crippen LogP contribution in [0.4, 0.5) is 13.2 Å². The van der Waals surface area contributed by atoms with Crippen LogP contribution in [0, 0.1) is 0 Å². The predicted molar refractivity (Wildman–Crippen MR) is 59.5 cm³/mol. The van der Waals surface area contributed by atoms with Gasteiger partial charge in [0.15, 0.2) is 0 Å². The number of rotatable bonds is 0. The number of fused-ring (bicyclic) bond motifs is 1.